The molecule has 0 N–H and O–H groups in total. The van der Waals surface area contributed by atoms with E-state index in [1.165, 1.54) is 0 Å². The number of nitrogens with zero attached hydrogens (tertiary/aromatic N) is 2. The van der Waals surface area contributed by atoms with Crippen molar-refractivity contribution in [3.05, 3.63) is 47.7 Å². The fraction of sp³-hybridized carbons (Fsp3) is 0.393. The van der Waals surface area contributed by atoms with Crippen LogP contribution in [0.2, 0.25) is 0 Å². The predicted octanol–water partition coefficient (Wildman–Crippen LogP) is 5.00. The van der Waals surface area contributed by atoms with Gasteiger partial charge in [0.15, 0.2) is 11.5 Å². The Morgan fingerprint density at radius 1 is 1.03 bits per heavy atom. The molecule has 1 aliphatic heterocycles. The van der Waals surface area contributed by atoms with E-state index in [-0.39, 0.29) is 5.91 Å². The van der Waals surface area contributed by atoms with Crippen LogP contribution in [-0.2, 0) is 4.79 Å². The molecule has 3 aromatic rings. The lowest BCUT2D eigenvalue weighted by atomic mass is 9.96. The number of rotatable bonds is 7. The summed E-state index contributed by atoms with van der Waals surface area (Å²) >= 11 is 0. The third-order valence-corrected chi connectivity index (χ3v) is 6.84. The average molecular weight is 479 g/mol. The largest absolute Gasteiger partial charge is 0.496 e. The third-order valence-electron chi connectivity index (χ3n) is 6.84. The molecule has 2 heterocycles. The number of aryl methyl sites for hydroxylation is 1. The molecule has 7 heteroatoms. The van der Waals surface area contributed by atoms with Crippen LogP contribution in [0.3, 0.4) is 0 Å². The Labute approximate surface area is 206 Å². The Hall–Kier alpha value is -3.45. The van der Waals surface area contributed by atoms with Crippen molar-refractivity contribution in [3.63, 3.8) is 0 Å². The summed E-state index contributed by atoms with van der Waals surface area (Å²) in [6, 6.07) is 7.84. The normalized spacial score (nSPS) is 14.9. The molecule has 0 spiro atoms. The maximum atomic E-state index is 13.0. The van der Waals surface area contributed by atoms with Gasteiger partial charge in [-0.3, -0.25) is 4.79 Å². The van der Waals surface area contributed by atoms with Gasteiger partial charge in [-0.2, -0.15) is 0 Å². The molecule has 0 atom stereocenters. The van der Waals surface area contributed by atoms with Crippen LogP contribution >= 0.6 is 0 Å². The first kappa shape index (κ1) is 24.7. The van der Waals surface area contributed by atoms with E-state index in [9.17, 15) is 4.79 Å². The second-order valence-corrected chi connectivity index (χ2v) is 8.77. The van der Waals surface area contributed by atoms with Gasteiger partial charge < -0.3 is 28.4 Å². The van der Waals surface area contributed by atoms with Crippen molar-refractivity contribution in [3.8, 4) is 28.4 Å². The predicted molar refractivity (Wildman–Crippen MR) is 138 cm³/mol. The summed E-state index contributed by atoms with van der Waals surface area (Å²) in [4.78, 5) is 17.3. The van der Waals surface area contributed by atoms with Crippen LogP contribution in [0.15, 0.2) is 41.0 Å². The van der Waals surface area contributed by atoms with E-state index in [0.29, 0.717) is 17.2 Å². The summed E-state index contributed by atoms with van der Waals surface area (Å²) in [6.45, 7) is 10.4. The molecule has 7 nitrogen and oxygen atoms in total. The van der Waals surface area contributed by atoms with Crippen LogP contribution in [-0.4, -0.2) is 69.8 Å². The summed E-state index contributed by atoms with van der Waals surface area (Å²) in [7, 11) is 4.89. The fourth-order valence-electron chi connectivity index (χ4n) is 4.74. The monoisotopic (exact) mass is 478 g/mol. The Morgan fingerprint density at radius 2 is 1.74 bits per heavy atom. The van der Waals surface area contributed by atoms with Crippen molar-refractivity contribution in [1.82, 2.24) is 9.80 Å². The molecular formula is C28H34N2O5. The lowest BCUT2D eigenvalue weighted by molar-refractivity contribution is -0.127. The van der Waals surface area contributed by atoms with Gasteiger partial charge in [0.05, 0.1) is 27.6 Å². The van der Waals surface area contributed by atoms with Gasteiger partial charge in [-0.05, 0) is 49.7 Å². The standard InChI is InChI=1S/C28H34N2O5/c1-7-29-10-12-30(13-11-29)26(31)14-18(2)21-16-22-23(17-35-28(22)19(3)27(21)34-6)20-8-9-24(32-4)25(15-20)33-5/h8-9,14-17H,7,10-13H2,1-6H3/b18-14+. The lowest BCUT2D eigenvalue weighted by Crippen LogP contribution is -2.48. The minimum absolute atomic E-state index is 0.0327. The number of allylic oxidation sites excluding steroid dienone is 1. The van der Waals surface area contributed by atoms with Gasteiger partial charge in [-0.1, -0.05) is 13.0 Å². The second-order valence-electron chi connectivity index (χ2n) is 8.77. The maximum Gasteiger partial charge on any atom is 0.246 e. The Morgan fingerprint density at radius 3 is 2.37 bits per heavy atom. The van der Waals surface area contributed by atoms with Crippen molar-refractivity contribution in [2.45, 2.75) is 20.8 Å². The maximum absolute atomic E-state index is 13.0. The number of ether oxygens (including phenoxy) is 3. The molecule has 2 aromatic carbocycles. The topological polar surface area (TPSA) is 64.4 Å². The number of fused-ring (bicyclic) bond motifs is 1. The number of hydrogen-bond acceptors (Lipinski definition) is 6. The quantitative estimate of drug-likeness (QED) is 0.445. The molecule has 0 aliphatic carbocycles. The highest BCUT2D eigenvalue weighted by atomic mass is 16.5. The molecule has 1 aromatic heterocycles. The Bertz CT molecular complexity index is 1250. The van der Waals surface area contributed by atoms with Crippen LogP contribution in [0, 0.1) is 6.92 Å². The summed E-state index contributed by atoms with van der Waals surface area (Å²) in [5.41, 5.74) is 5.26. The summed E-state index contributed by atoms with van der Waals surface area (Å²) in [6.07, 6.45) is 3.47. The van der Waals surface area contributed by atoms with Gasteiger partial charge >= 0.3 is 0 Å². The van der Waals surface area contributed by atoms with E-state index in [1.807, 2.05) is 43.0 Å². The number of furan rings is 1. The van der Waals surface area contributed by atoms with E-state index in [1.54, 1.807) is 33.7 Å². The first-order valence-corrected chi connectivity index (χ1v) is 11.9. The van der Waals surface area contributed by atoms with Gasteiger partial charge in [0.25, 0.3) is 0 Å². The first-order valence-electron chi connectivity index (χ1n) is 11.9. The van der Waals surface area contributed by atoms with Crippen LogP contribution in [0.4, 0.5) is 0 Å². The molecule has 0 radical (unpaired) electrons. The van der Waals surface area contributed by atoms with Crippen molar-refractivity contribution < 1.29 is 23.4 Å². The van der Waals surface area contributed by atoms with Crippen molar-refractivity contribution >= 4 is 22.4 Å². The highest BCUT2D eigenvalue weighted by Gasteiger charge is 2.22. The zero-order valence-electron chi connectivity index (χ0n) is 21.4. The zero-order valence-corrected chi connectivity index (χ0v) is 21.4. The molecule has 0 bridgehead atoms. The van der Waals surface area contributed by atoms with Crippen LogP contribution < -0.4 is 14.2 Å². The minimum atomic E-state index is 0.0327. The van der Waals surface area contributed by atoms with Gasteiger partial charge in [-0.15, -0.1) is 0 Å². The first-order chi connectivity index (χ1) is 16.9. The summed E-state index contributed by atoms with van der Waals surface area (Å²) < 4.78 is 22.6. The fourth-order valence-corrected chi connectivity index (χ4v) is 4.74. The number of methoxy groups -OCH3 is 3. The molecule has 0 saturated carbocycles. The lowest BCUT2D eigenvalue weighted by Gasteiger charge is -2.33. The molecule has 186 valence electrons. The Kier molecular flexibility index (Phi) is 7.36. The SMILES string of the molecule is CCN1CCN(C(=O)/C=C(\C)c2cc3c(-c4ccc(OC)c(OC)c4)coc3c(C)c2OC)CC1. The summed E-state index contributed by atoms with van der Waals surface area (Å²) in [5, 5.41) is 0.947. The van der Waals surface area contributed by atoms with E-state index in [0.717, 1.165) is 71.5 Å². The van der Waals surface area contributed by atoms with Gasteiger partial charge in [0.2, 0.25) is 5.91 Å². The van der Waals surface area contributed by atoms with E-state index >= 15 is 0 Å². The number of hydrogen-bond donors (Lipinski definition) is 0. The number of amides is 1. The van der Waals surface area contributed by atoms with Gasteiger partial charge in [0.1, 0.15) is 11.3 Å². The van der Waals surface area contributed by atoms with Crippen LogP contribution in [0.1, 0.15) is 25.0 Å². The van der Waals surface area contributed by atoms with Crippen molar-refractivity contribution in [1.29, 1.82) is 0 Å². The number of likely N-dealkylation sites (N-methyl/N-ethyl adjacent to an activating group) is 1. The Balaban J connectivity index is 1.74. The van der Waals surface area contributed by atoms with Crippen molar-refractivity contribution in [2.24, 2.45) is 0 Å². The molecule has 4 rings (SSSR count). The molecule has 1 saturated heterocycles. The molecule has 0 unspecified atom stereocenters. The third kappa shape index (κ3) is 4.73. The molecule has 35 heavy (non-hydrogen) atoms. The molecular weight excluding hydrogens is 444 g/mol. The van der Waals surface area contributed by atoms with Crippen LogP contribution in [0.5, 0.6) is 17.2 Å². The molecule has 1 aliphatic rings. The van der Waals surface area contributed by atoms with Crippen LogP contribution in [0.25, 0.3) is 27.7 Å². The number of piperazine rings is 1. The zero-order chi connectivity index (χ0) is 25.1. The highest BCUT2D eigenvalue weighted by Crippen LogP contribution is 2.42. The van der Waals surface area contributed by atoms with Gasteiger partial charge in [0, 0.05) is 54.3 Å². The van der Waals surface area contributed by atoms with Gasteiger partial charge in [-0.25, -0.2) is 0 Å². The second kappa shape index (κ2) is 10.4. The smallest absolute Gasteiger partial charge is 0.246 e. The molecule has 1 amide bonds. The van der Waals surface area contributed by atoms with E-state index in [2.05, 4.69) is 11.8 Å². The number of benzene rings is 2. The van der Waals surface area contributed by atoms with E-state index in [4.69, 9.17) is 18.6 Å². The minimum Gasteiger partial charge on any atom is -0.496 e. The number of carbonyl (C=O) groups is 1. The van der Waals surface area contributed by atoms with Crippen molar-refractivity contribution in [2.75, 3.05) is 54.1 Å². The molecule has 1 fully saturated rings. The number of carbonyl (C=O) groups excluding carboxylic acids is 1. The van der Waals surface area contributed by atoms with E-state index < -0.39 is 0 Å². The highest BCUT2D eigenvalue weighted by molar-refractivity contribution is 6.02. The summed E-state index contributed by atoms with van der Waals surface area (Å²) in [5.74, 6) is 2.06. The average Bonchev–Trinajstić information content (AvgIpc) is 3.32.